The van der Waals surface area contributed by atoms with Crippen LogP contribution in [0.15, 0.2) is 0 Å². The molecule has 94 valence electrons. The lowest BCUT2D eigenvalue weighted by molar-refractivity contribution is -0.0902. The molecule has 2 fully saturated rings. The van der Waals surface area contributed by atoms with E-state index >= 15 is 0 Å². The summed E-state index contributed by atoms with van der Waals surface area (Å²) in [6.07, 6.45) is 2.69. The number of nitrogens with zero attached hydrogens (tertiary/aromatic N) is 1. The van der Waals surface area contributed by atoms with Gasteiger partial charge in [0, 0.05) is 17.5 Å². The van der Waals surface area contributed by atoms with Crippen LogP contribution in [0.2, 0.25) is 0 Å². The Balaban J connectivity index is 1.65. The molecule has 3 rings (SSSR count). The molecule has 17 heavy (non-hydrogen) atoms. The molecule has 5 heteroatoms. The first kappa shape index (κ1) is 11.6. The molecular weight excluding hydrogens is 236 g/mol. The fourth-order valence-electron chi connectivity index (χ4n) is 1.91. The molecule has 1 aromatic heterocycles. The highest BCUT2D eigenvalue weighted by Gasteiger charge is 2.23. The van der Waals surface area contributed by atoms with Gasteiger partial charge in [-0.15, -0.1) is 11.3 Å². The molecule has 1 unspecified atom stereocenters. The first-order valence-corrected chi connectivity index (χ1v) is 7.03. The van der Waals surface area contributed by atoms with Gasteiger partial charge < -0.3 is 14.8 Å². The van der Waals surface area contributed by atoms with Crippen molar-refractivity contribution in [3.8, 4) is 0 Å². The Bertz CT molecular complexity index is 384. The molecular formula is C12H18N2O2S. The molecule has 1 aliphatic heterocycles. The summed E-state index contributed by atoms with van der Waals surface area (Å²) < 4.78 is 11.1. The zero-order chi connectivity index (χ0) is 11.7. The Hall–Kier alpha value is -0.490. The second-order valence-corrected chi connectivity index (χ2v) is 5.77. The summed E-state index contributed by atoms with van der Waals surface area (Å²) in [7, 11) is 0. The van der Waals surface area contributed by atoms with Crippen molar-refractivity contribution in [2.24, 2.45) is 0 Å². The lowest BCUT2D eigenvalue weighted by atomic mass is 10.3. The van der Waals surface area contributed by atoms with Crippen LogP contribution in [0.25, 0.3) is 0 Å². The Morgan fingerprint density at radius 3 is 3.00 bits per heavy atom. The predicted octanol–water partition coefficient (Wildman–Crippen LogP) is 1.79. The summed E-state index contributed by atoms with van der Waals surface area (Å²) >= 11 is 1.76. The van der Waals surface area contributed by atoms with E-state index < -0.39 is 0 Å². The van der Waals surface area contributed by atoms with E-state index in [9.17, 15) is 0 Å². The van der Waals surface area contributed by atoms with E-state index in [4.69, 9.17) is 9.47 Å². The lowest BCUT2D eigenvalue weighted by Gasteiger charge is -2.20. The van der Waals surface area contributed by atoms with Crippen LogP contribution in [0.5, 0.6) is 0 Å². The molecule has 2 aliphatic rings. The number of nitrogens with one attached hydrogen (secondary N) is 1. The maximum absolute atomic E-state index is 5.67. The van der Waals surface area contributed by atoms with Crippen molar-refractivity contribution in [2.75, 3.05) is 19.8 Å². The molecule has 0 amide bonds. The van der Waals surface area contributed by atoms with Gasteiger partial charge >= 0.3 is 0 Å². The van der Waals surface area contributed by atoms with Crippen molar-refractivity contribution < 1.29 is 9.47 Å². The smallest absolute Gasteiger partial charge is 0.132 e. The average molecular weight is 254 g/mol. The summed E-state index contributed by atoms with van der Waals surface area (Å²) in [5, 5.41) is 4.59. The summed E-state index contributed by atoms with van der Waals surface area (Å²) in [6, 6.07) is 0.745. The predicted molar refractivity (Wildman–Crippen MR) is 66.2 cm³/mol. The van der Waals surface area contributed by atoms with Gasteiger partial charge in [-0.25, -0.2) is 4.98 Å². The van der Waals surface area contributed by atoms with Gasteiger partial charge in [0.15, 0.2) is 0 Å². The molecule has 1 aliphatic carbocycles. The number of hydrogen-bond acceptors (Lipinski definition) is 5. The van der Waals surface area contributed by atoms with E-state index in [2.05, 4.69) is 17.2 Å². The van der Waals surface area contributed by atoms with Crippen molar-refractivity contribution in [2.45, 2.75) is 38.5 Å². The largest absolute Gasteiger partial charge is 0.376 e. The summed E-state index contributed by atoms with van der Waals surface area (Å²) in [5.74, 6) is 0. The van der Waals surface area contributed by atoms with Gasteiger partial charge in [0.1, 0.15) is 11.1 Å². The van der Waals surface area contributed by atoms with Gasteiger partial charge in [-0.2, -0.15) is 0 Å². The van der Waals surface area contributed by atoms with Crippen LogP contribution < -0.4 is 5.32 Å². The number of rotatable bonds is 4. The standard InChI is InChI=1S/C12H18N2O2S/c1-8-11(6-13-9-2-3-9)17-12(14-8)10-7-15-4-5-16-10/h9-10,13H,2-7H2,1H3. The van der Waals surface area contributed by atoms with E-state index in [0.717, 1.165) is 23.3 Å². The van der Waals surface area contributed by atoms with Crippen molar-refractivity contribution in [1.82, 2.24) is 10.3 Å². The maximum Gasteiger partial charge on any atom is 0.132 e. The third kappa shape index (κ3) is 2.85. The van der Waals surface area contributed by atoms with Crippen molar-refractivity contribution in [3.63, 3.8) is 0 Å². The molecule has 0 spiro atoms. The monoisotopic (exact) mass is 254 g/mol. The Labute approximate surface area is 105 Å². The Morgan fingerprint density at radius 2 is 2.29 bits per heavy atom. The first-order chi connectivity index (χ1) is 8.33. The second-order valence-electron chi connectivity index (χ2n) is 4.65. The van der Waals surface area contributed by atoms with Crippen LogP contribution in [0, 0.1) is 6.92 Å². The maximum atomic E-state index is 5.67. The zero-order valence-corrected chi connectivity index (χ0v) is 10.9. The SMILES string of the molecule is Cc1nc(C2COCCO2)sc1CNC1CC1. The minimum atomic E-state index is 0.0436. The molecule has 4 nitrogen and oxygen atoms in total. The van der Waals surface area contributed by atoms with Crippen LogP contribution in [0.3, 0.4) is 0 Å². The highest BCUT2D eigenvalue weighted by atomic mass is 32.1. The van der Waals surface area contributed by atoms with Crippen LogP contribution in [0.4, 0.5) is 0 Å². The van der Waals surface area contributed by atoms with E-state index in [1.54, 1.807) is 11.3 Å². The minimum absolute atomic E-state index is 0.0436. The molecule has 1 atom stereocenters. The summed E-state index contributed by atoms with van der Waals surface area (Å²) in [6.45, 7) is 5.05. The number of thiazole rings is 1. The molecule has 2 heterocycles. The number of aryl methyl sites for hydroxylation is 1. The van der Waals surface area contributed by atoms with E-state index in [0.29, 0.717) is 19.8 Å². The van der Waals surface area contributed by atoms with Crippen molar-refractivity contribution in [3.05, 3.63) is 15.6 Å². The zero-order valence-electron chi connectivity index (χ0n) is 10.1. The topological polar surface area (TPSA) is 43.4 Å². The number of ether oxygens (including phenoxy) is 2. The van der Waals surface area contributed by atoms with E-state index in [1.807, 2.05) is 0 Å². The van der Waals surface area contributed by atoms with Gasteiger partial charge in [-0.05, 0) is 19.8 Å². The highest BCUT2D eigenvalue weighted by molar-refractivity contribution is 7.11. The van der Waals surface area contributed by atoms with Crippen LogP contribution in [-0.4, -0.2) is 30.8 Å². The summed E-state index contributed by atoms with van der Waals surface area (Å²) in [4.78, 5) is 5.94. The molecule has 1 saturated carbocycles. The highest BCUT2D eigenvalue weighted by Crippen LogP contribution is 2.28. The Morgan fingerprint density at radius 1 is 1.41 bits per heavy atom. The lowest BCUT2D eigenvalue weighted by Crippen LogP contribution is -2.21. The molecule has 1 N–H and O–H groups in total. The van der Waals surface area contributed by atoms with Gasteiger partial charge in [0.05, 0.1) is 25.5 Å². The quantitative estimate of drug-likeness (QED) is 0.889. The molecule has 0 bridgehead atoms. The van der Waals surface area contributed by atoms with Gasteiger partial charge in [-0.3, -0.25) is 0 Å². The van der Waals surface area contributed by atoms with Crippen molar-refractivity contribution in [1.29, 1.82) is 0 Å². The van der Waals surface area contributed by atoms with Gasteiger partial charge in [0.25, 0.3) is 0 Å². The van der Waals surface area contributed by atoms with Crippen LogP contribution >= 0.6 is 11.3 Å². The Kier molecular flexibility index (Phi) is 3.42. The molecule has 1 saturated heterocycles. The third-order valence-electron chi connectivity index (χ3n) is 3.13. The number of hydrogen-bond donors (Lipinski definition) is 1. The average Bonchev–Trinajstić information content (AvgIpc) is 3.12. The third-order valence-corrected chi connectivity index (χ3v) is 4.38. The van der Waals surface area contributed by atoms with Crippen LogP contribution in [0.1, 0.15) is 34.5 Å². The first-order valence-electron chi connectivity index (χ1n) is 6.22. The van der Waals surface area contributed by atoms with Gasteiger partial charge in [-0.1, -0.05) is 0 Å². The normalized spacial score (nSPS) is 25.1. The minimum Gasteiger partial charge on any atom is -0.376 e. The van der Waals surface area contributed by atoms with E-state index in [-0.39, 0.29) is 6.10 Å². The molecule has 0 aromatic carbocycles. The second kappa shape index (κ2) is 5.02. The number of aromatic nitrogens is 1. The summed E-state index contributed by atoms with van der Waals surface area (Å²) in [5.41, 5.74) is 1.13. The van der Waals surface area contributed by atoms with Gasteiger partial charge in [0.2, 0.25) is 0 Å². The molecule has 1 aromatic rings. The fourth-order valence-corrected chi connectivity index (χ4v) is 2.96. The van der Waals surface area contributed by atoms with E-state index in [1.165, 1.54) is 17.7 Å². The van der Waals surface area contributed by atoms with Crippen molar-refractivity contribution >= 4 is 11.3 Å². The van der Waals surface area contributed by atoms with Crippen LogP contribution in [-0.2, 0) is 16.0 Å². The fraction of sp³-hybridized carbons (Fsp3) is 0.750. The molecule has 0 radical (unpaired) electrons.